The zero-order chi connectivity index (χ0) is 13.9. The Kier molecular flexibility index (Phi) is 3.90. The Bertz CT molecular complexity index is 544. The van der Waals surface area contributed by atoms with Crippen LogP contribution in [0.4, 0.5) is 13.2 Å². The third kappa shape index (κ3) is 3.15. The average molecular weight is 266 g/mol. The minimum absolute atomic E-state index is 0.0116. The molecule has 2 aromatic carbocycles. The number of alkyl halides is 3. The third-order valence-electron chi connectivity index (χ3n) is 2.92. The molecule has 0 amide bonds. The fraction of sp³-hybridized carbons (Fsp3) is 0.200. The largest absolute Gasteiger partial charge is 0.416 e. The zero-order valence-corrected chi connectivity index (χ0v) is 10.1. The highest BCUT2D eigenvalue weighted by Gasteiger charge is 2.29. The van der Waals surface area contributed by atoms with Gasteiger partial charge in [0, 0.05) is 6.61 Å². The van der Waals surface area contributed by atoms with E-state index < -0.39 is 11.7 Å². The molecule has 19 heavy (non-hydrogen) atoms. The first kappa shape index (κ1) is 13.6. The first-order valence-corrected chi connectivity index (χ1v) is 5.89. The normalized spacial score (nSPS) is 11.6. The molecule has 100 valence electrons. The van der Waals surface area contributed by atoms with Crippen molar-refractivity contribution < 1.29 is 18.3 Å². The topological polar surface area (TPSA) is 20.2 Å². The number of rotatable bonds is 3. The van der Waals surface area contributed by atoms with Crippen LogP contribution in [0.15, 0.2) is 48.5 Å². The summed E-state index contributed by atoms with van der Waals surface area (Å²) in [6.45, 7) is 0.0116. The van der Waals surface area contributed by atoms with Gasteiger partial charge in [0.05, 0.1) is 5.56 Å². The van der Waals surface area contributed by atoms with Gasteiger partial charge in [-0.15, -0.1) is 0 Å². The smallest absolute Gasteiger partial charge is 0.396 e. The molecule has 0 aromatic heterocycles. The average Bonchev–Trinajstić information content (AvgIpc) is 2.39. The number of hydrogen-bond acceptors (Lipinski definition) is 1. The van der Waals surface area contributed by atoms with Crippen LogP contribution in [-0.4, -0.2) is 11.7 Å². The molecule has 0 saturated heterocycles. The van der Waals surface area contributed by atoms with Crippen molar-refractivity contribution >= 4 is 0 Å². The minimum Gasteiger partial charge on any atom is -0.396 e. The summed E-state index contributed by atoms with van der Waals surface area (Å²) >= 11 is 0. The zero-order valence-electron chi connectivity index (χ0n) is 10.1. The maximum atomic E-state index is 12.5. The second-order valence-electron chi connectivity index (χ2n) is 4.21. The molecule has 0 aliphatic carbocycles. The van der Waals surface area contributed by atoms with Gasteiger partial charge in [0.1, 0.15) is 0 Å². The van der Waals surface area contributed by atoms with E-state index in [0.717, 1.165) is 28.8 Å². The number of benzene rings is 2. The maximum Gasteiger partial charge on any atom is 0.416 e. The van der Waals surface area contributed by atoms with Crippen LogP contribution in [0.3, 0.4) is 0 Å². The highest BCUT2D eigenvalue weighted by atomic mass is 19.4. The molecule has 0 fully saturated rings. The summed E-state index contributed by atoms with van der Waals surface area (Å²) in [5.41, 5.74) is 1.84. The lowest BCUT2D eigenvalue weighted by Gasteiger charge is -2.10. The number of aliphatic hydroxyl groups excluding tert-OH is 1. The summed E-state index contributed by atoms with van der Waals surface area (Å²) < 4.78 is 37.5. The Morgan fingerprint density at radius 3 is 2.11 bits per heavy atom. The van der Waals surface area contributed by atoms with E-state index in [4.69, 9.17) is 5.11 Å². The van der Waals surface area contributed by atoms with Crippen LogP contribution < -0.4 is 0 Å². The van der Waals surface area contributed by atoms with E-state index in [-0.39, 0.29) is 6.61 Å². The molecule has 2 aromatic rings. The van der Waals surface area contributed by atoms with Crippen LogP contribution in [-0.2, 0) is 12.6 Å². The van der Waals surface area contributed by atoms with Crippen LogP contribution in [0.5, 0.6) is 0 Å². The van der Waals surface area contributed by atoms with Crippen molar-refractivity contribution in [2.45, 2.75) is 12.6 Å². The molecular weight excluding hydrogens is 253 g/mol. The summed E-state index contributed by atoms with van der Waals surface area (Å²) in [7, 11) is 0. The van der Waals surface area contributed by atoms with Crippen molar-refractivity contribution in [3.8, 4) is 11.1 Å². The van der Waals surface area contributed by atoms with E-state index in [9.17, 15) is 13.2 Å². The van der Waals surface area contributed by atoms with Crippen molar-refractivity contribution in [1.82, 2.24) is 0 Å². The summed E-state index contributed by atoms with van der Waals surface area (Å²) in [4.78, 5) is 0. The van der Waals surface area contributed by atoms with Gasteiger partial charge in [-0.1, -0.05) is 36.4 Å². The fourth-order valence-corrected chi connectivity index (χ4v) is 1.98. The molecule has 1 nitrogen and oxygen atoms in total. The number of halogens is 3. The van der Waals surface area contributed by atoms with E-state index in [0.29, 0.717) is 6.42 Å². The molecule has 2 rings (SSSR count). The first-order chi connectivity index (χ1) is 9.02. The highest BCUT2D eigenvalue weighted by molar-refractivity contribution is 5.67. The van der Waals surface area contributed by atoms with E-state index in [1.54, 1.807) is 0 Å². The van der Waals surface area contributed by atoms with Crippen LogP contribution >= 0.6 is 0 Å². The minimum atomic E-state index is -4.32. The molecule has 0 spiro atoms. The molecule has 0 aliphatic heterocycles. The Balaban J connectivity index is 2.37. The van der Waals surface area contributed by atoms with Crippen molar-refractivity contribution in [3.63, 3.8) is 0 Å². The van der Waals surface area contributed by atoms with Crippen molar-refractivity contribution in [3.05, 3.63) is 59.7 Å². The Labute approximate surface area is 109 Å². The lowest BCUT2D eigenvalue weighted by molar-refractivity contribution is -0.137. The Hall–Kier alpha value is -1.81. The van der Waals surface area contributed by atoms with E-state index >= 15 is 0 Å². The van der Waals surface area contributed by atoms with Crippen molar-refractivity contribution in [2.75, 3.05) is 6.61 Å². The summed E-state index contributed by atoms with van der Waals surface area (Å²) in [6, 6.07) is 12.4. The van der Waals surface area contributed by atoms with Gasteiger partial charge in [0.2, 0.25) is 0 Å². The van der Waals surface area contributed by atoms with Crippen LogP contribution in [0, 0.1) is 0 Å². The van der Waals surface area contributed by atoms with Gasteiger partial charge in [-0.2, -0.15) is 13.2 Å². The molecule has 0 bridgehead atoms. The van der Waals surface area contributed by atoms with Crippen molar-refractivity contribution in [1.29, 1.82) is 0 Å². The highest BCUT2D eigenvalue weighted by Crippen LogP contribution is 2.31. The summed E-state index contributed by atoms with van der Waals surface area (Å²) in [5, 5.41) is 8.99. The monoisotopic (exact) mass is 266 g/mol. The predicted octanol–water partition coefficient (Wildman–Crippen LogP) is 3.91. The SMILES string of the molecule is OCCc1ccccc1-c1ccc(C(F)(F)F)cc1. The van der Waals surface area contributed by atoms with Gasteiger partial charge in [0.15, 0.2) is 0 Å². The Morgan fingerprint density at radius 1 is 0.895 bits per heavy atom. The second kappa shape index (κ2) is 5.45. The quantitative estimate of drug-likeness (QED) is 0.893. The van der Waals surface area contributed by atoms with Gasteiger partial charge in [-0.25, -0.2) is 0 Å². The molecule has 0 heterocycles. The molecule has 0 aliphatic rings. The number of aliphatic hydroxyl groups is 1. The molecule has 0 unspecified atom stereocenters. The first-order valence-electron chi connectivity index (χ1n) is 5.89. The molecular formula is C15H13F3O. The second-order valence-corrected chi connectivity index (χ2v) is 4.21. The van der Waals surface area contributed by atoms with Gasteiger partial charge in [-0.05, 0) is 35.2 Å². The molecule has 4 heteroatoms. The number of hydrogen-bond donors (Lipinski definition) is 1. The maximum absolute atomic E-state index is 12.5. The van der Waals surface area contributed by atoms with Gasteiger partial charge < -0.3 is 5.11 Å². The molecule has 0 atom stereocenters. The molecule has 0 radical (unpaired) electrons. The van der Waals surface area contributed by atoms with Gasteiger partial charge in [0.25, 0.3) is 0 Å². The molecule has 0 saturated carbocycles. The lowest BCUT2D eigenvalue weighted by Crippen LogP contribution is -2.04. The van der Waals surface area contributed by atoms with E-state index in [1.165, 1.54) is 12.1 Å². The van der Waals surface area contributed by atoms with E-state index in [2.05, 4.69) is 0 Å². The predicted molar refractivity (Wildman–Crippen MR) is 67.7 cm³/mol. The molecule has 1 N–H and O–H groups in total. The van der Waals surface area contributed by atoms with Gasteiger partial charge in [-0.3, -0.25) is 0 Å². The van der Waals surface area contributed by atoms with Crippen LogP contribution in [0.25, 0.3) is 11.1 Å². The van der Waals surface area contributed by atoms with Crippen LogP contribution in [0.1, 0.15) is 11.1 Å². The summed E-state index contributed by atoms with van der Waals surface area (Å²) in [6.07, 6.45) is -3.83. The standard InChI is InChI=1S/C15H13F3O/c16-15(17,18)13-7-5-12(6-8-13)14-4-2-1-3-11(14)9-10-19/h1-8,19H,9-10H2. The third-order valence-corrected chi connectivity index (χ3v) is 2.92. The van der Waals surface area contributed by atoms with Crippen molar-refractivity contribution in [2.24, 2.45) is 0 Å². The lowest BCUT2D eigenvalue weighted by atomic mass is 9.97. The Morgan fingerprint density at radius 2 is 1.53 bits per heavy atom. The van der Waals surface area contributed by atoms with E-state index in [1.807, 2.05) is 24.3 Å². The summed E-state index contributed by atoms with van der Waals surface area (Å²) in [5.74, 6) is 0. The fourth-order valence-electron chi connectivity index (χ4n) is 1.98. The van der Waals surface area contributed by atoms with Gasteiger partial charge >= 0.3 is 6.18 Å². The van der Waals surface area contributed by atoms with Crippen LogP contribution in [0.2, 0.25) is 0 Å².